The molecule has 1 heterocycles. The molecular weight excluding hydrogens is 296 g/mol. The molecule has 1 saturated heterocycles. The van der Waals surface area contributed by atoms with Crippen molar-refractivity contribution in [1.82, 2.24) is 10.2 Å². The van der Waals surface area contributed by atoms with E-state index in [0.717, 1.165) is 50.5 Å². The Balaban J connectivity index is 1.73. The highest BCUT2D eigenvalue weighted by Gasteiger charge is 2.24. The van der Waals surface area contributed by atoms with Gasteiger partial charge in [0.25, 0.3) is 0 Å². The van der Waals surface area contributed by atoms with Crippen LogP contribution in [-0.4, -0.2) is 30.4 Å². The molecule has 1 amide bonds. The molecule has 0 aromatic heterocycles. The highest BCUT2D eigenvalue weighted by Crippen LogP contribution is 2.22. The number of benzene rings is 1. The van der Waals surface area contributed by atoms with Crippen LogP contribution in [0.1, 0.15) is 38.7 Å². The predicted molar refractivity (Wildman–Crippen MR) is 91.9 cm³/mol. The Morgan fingerprint density at radius 1 is 1.32 bits per heavy atom. The van der Waals surface area contributed by atoms with Crippen molar-refractivity contribution < 1.29 is 4.79 Å². The molecule has 1 fully saturated rings. The van der Waals surface area contributed by atoms with Crippen LogP contribution in [0.2, 0.25) is 5.02 Å². The van der Waals surface area contributed by atoms with E-state index >= 15 is 0 Å². The van der Waals surface area contributed by atoms with Gasteiger partial charge in [0.05, 0.1) is 0 Å². The van der Waals surface area contributed by atoms with Gasteiger partial charge >= 0.3 is 0 Å². The number of hydrogen-bond acceptors (Lipinski definition) is 2. The lowest BCUT2D eigenvalue weighted by Crippen LogP contribution is -2.40. The Hall–Kier alpha value is -1.06. The van der Waals surface area contributed by atoms with E-state index in [9.17, 15) is 4.79 Å². The first-order valence-electron chi connectivity index (χ1n) is 8.29. The molecule has 1 aliphatic rings. The minimum atomic E-state index is 0.176. The molecule has 4 heteroatoms. The average Bonchev–Trinajstić information content (AvgIpc) is 2.50. The smallest absolute Gasteiger partial charge is 0.223 e. The maximum Gasteiger partial charge on any atom is 0.223 e. The third-order valence-corrected chi connectivity index (χ3v) is 4.70. The summed E-state index contributed by atoms with van der Waals surface area (Å²) < 4.78 is 0. The summed E-state index contributed by atoms with van der Waals surface area (Å²) in [6, 6.07) is 7.99. The van der Waals surface area contributed by atoms with Crippen molar-refractivity contribution in [1.29, 1.82) is 0 Å². The van der Waals surface area contributed by atoms with Crippen molar-refractivity contribution in [3.8, 4) is 0 Å². The topological polar surface area (TPSA) is 32.3 Å². The summed E-state index contributed by atoms with van der Waals surface area (Å²) in [5.41, 5.74) is 1.17. The molecule has 0 aliphatic carbocycles. The molecule has 1 aliphatic heterocycles. The van der Waals surface area contributed by atoms with Crippen LogP contribution in [0.25, 0.3) is 0 Å². The number of hydrogen-bond donors (Lipinski definition) is 1. The lowest BCUT2D eigenvalue weighted by Gasteiger charge is -2.31. The van der Waals surface area contributed by atoms with Crippen LogP contribution < -0.4 is 5.32 Å². The average molecular weight is 323 g/mol. The molecule has 1 N–H and O–H groups in total. The van der Waals surface area contributed by atoms with E-state index in [2.05, 4.69) is 30.1 Å². The molecule has 0 bridgehead atoms. The van der Waals surface area contributed by atoms with E-state index in [1.54, 1.807) is 0 Å². The number of likely N-dealkylation sites (tertiary alicyclic amines) is 1. The van der Waals surface area contributed by atoms with Crippen LogP contribution in [-0.2, 0) is 11.3 Å². The molecular formula is C18H27ClN2O. The van der Waals surface area contributed by atoms with E-state index in [4.69, 9.17) is 11.6 Å². The van der Waals surface area contributed by atoms with E-state index in [0.29, 0.717) is 5.92 Å². The number of carbonyl (C=O) groups is 1. The second-order valence-corrected chi connectivity index (χ2v) is 7.02. The molecule has 22 heavy (non-hydrogen) atoms. The fraction of sp³-hybridized carbons (Fsp3) is 0.611. The number of rotatable bonds is 6. The summed E-state index contributed by atoms with van der Waals surface area (Å²) >= 11 is 6.21. The summed E-state index contributed by atoms with van der Waals surface area (Å²) in [5, 5.41) is 3.91. The second-order valence-electron chi connectivity index (χ2n) is 6.62. The Bertz CT molecular complexity index is 482. The monoisotopic (exact) mass is 322 g/mol. The minimum Gasteiger partial charge on any atom is -0.356 e. The minimum absolute atomic E-state index is 0.176. The molecule has 2 rings (SSSR count). The molecule has 3 nitrogen and oxygen atoms in total. The SMILES string of the molecule is CC(C)CCNC(=O)C1CCN(Cc2ccccc2Cl)CC1. The number of halogens is 1. The van der Waals surface area contributed by atoms with Crippen molar-refractivity contribution in [2.75, 3.05) is 19.6 Å². The van der Waals surface area contributed by atoms with Gasteiger partial charge < -0.3 is 5.32 Å². The first-order chi connectivity index (χ1) is 10.6. The highest BCUT2D eigenvalue weighted by molar-refractivity contribution is 6.31. The van der Waals surface area contributed by atoms with E-state index in [1.165, 1.54) is 5.56 Å². The lowest BCUT2D eigenvalue weighted by molar-refractivity contribution is -0.126. The molecule has 1 aromatic carbocycles. The summed E-state index contributed by atoms with van der Waals surface area (Å²) in [6.45, 7) is 7.97. The van der Waals surface area contributed by atoms with Gasteiger partial charge in [-0.3, -0.25) is 9.69 Å². The summed E-state index contributed by atoms with van der Waals surface area (Å²) in [7, 11) is 0. The normalized spacial score (nSPS) is 16.9. The third kappa shape index (κ3) is 5.29. The van der Waals surface area contributed by atoms with Crippen LogP contribution >= 0.6 is 11.6 Å². The van der Waals surface area contributed by atoms with Gasteiger partial charge in [-0.15, -0.1) is 0 Å². The number of piperidine rings is 1. The van der Waals surface area contributed by atoms with Crippen molar-refractivity contribution in [2.45, 2.75) is 39.7 Å². The number of amides is 1. The maximum atomic E-state index is 12.1. The van der Waals surface area contributed by atoms with Gasteiger partial charge in [0.2, 0.25) is 5.91 Å². The van der Waals surface area contributed by atoms with E-state index < -0.39 is 0 Å². The third-order valence-electron chi connectivity index (χ3n) is 4.33. The molecule has 1 aromatic rings. The largest absolute Gasteiger partial charge is 0.356 e. The quantitative estimate of drug-likeness (QED) is 0.865. The van der Waals surface area contributed by atoms with Gasteiger partial charge in [-0.05, 0) is 49.9 Å². The number of nitrogens with zero attached hydrogens (tertiary/aromatic N) is 1. The molecule has 122 valence electrons. The van der Waals surface area contributed by atoms with Gasteiger partial charge in [0, 0.05) is 24.0 Å². The van der Waals surface area contributed by atoms with Crippen molar-refractivity contribution in [3.05, 3.63) is 34.9 Å². The second kappa shape index (κ2) is 8.54. The van der Waals surface area contributed by atoms with Crippen LogP contribution in [0.15, 0.2) is 24.3 Å². The molecule has 0 saturated carbocycles. The molecule has 0 unspecified atom stereocenters. The van der Waals surface area contributed by atoms with Gasteiger partial charge in [-0.25, -0.2) is 0 Å². The predicted octanol–water partition coefficient (Wildman–Crippen LogP) is 3.71. The van der Waals surface area contributed by atoms with Gasteiger partial charge in [-0.2, -0.15) is 0 Å². The molecule has 0 atom stereocenters. The van der Waals surface area contributed by atoms with Crippen LogP contribution in [0.3, 0.4) is 0 Å². The van der Waals surface area contributed by atoms with Crippen LogP contribution in [0.5, 0.6) is 0 Å². The van der Waals surface area contributed by atoms with Gasteiger partial charge in [0.15, 0.2) is 0 Å². The Morgan fingerprint density at radius 2 is 2.00 bits per heavy atom. The highest BCUT2D eigenvalue weighted by atomic mass is 35.5. The standard InChI is InChI=1S/C18H27ClN2O/c1-14(2)7-10-20-18(22)15-8-11-21(12-9-15)13-16-5-3-4-6-17(16)19/h3-6,14-15H,7-13H2,1-2H3,(H,20,22). The molecule has 0 radical (unpaired) electrons. The van der Waals surface area contributed by atoms with Gasteiger partial charge in [-0.1, -0.05) is 43.6 Å². The van der Waals surface area contributed by atoms with Crippen molar-refractivity contribution >= 4 is 17.5 Å². The summed E-state index contributed by atoms with van der Waals surface area (Å²) in [6.07, 6.45) is 2.94. The summed E-state index contributed by atoms with van der Waals surface area (Å²) in [4.78, 5) is 14.5. The lowest BCUT2D eigenvalue weighted by atomic mass is 9.95. The Kier molecular flexibility index (Phi) is 6.71. The van der Waals surface area contributed by atoms with E-state index in [-0.39, 0.29) is 11.8 Å². The maximum absolute atomic E-state index is 12.1. The number of carbonyl (C=O) groups excluding carboxylic acids is 1. The first-order valence-corrected chi connectivity index (χ1v) is 8.67. The Labute approximate surface area is 139 Å². The van der Waals surface area contributed by atoms with Crippen molar-refractivity contribution in [2.24, 2.45) is 11.8 Å². The zero-order valence-corrected chi connectivity index (χ0v) is 14.4. The fourth-order valence-corrected chi connectivity index (χ4v) is 3.04. The fourth-order valence-electron chi connectivity index (χ4n) is 2.85. The molecule has 0 spiro atoms. The number of nitrogens with one attached hydrogen (secondary N) is 1. The summed E-state index contributed by atoms with van der Waals surface area (Å²) in [5.74, 6) is 1.05. The van der Waals surface area contributed by atoms with Gasteiger partial charge in [0.1, 0.15) is 0 Å². The zero-order valence-electron chi connectivity index (χ0n) is 13.6. The van der Waals surface area contributed by atoms with Crippen molar-refractivity contribution in [3.63, 3.8) is 0 Å². The van der Waals surface area contributed by atoms with Crippen LogP contribution in [0, 0.1) is 11.8 Å². The van der Waals surface area contributed by atoms with Crippen LogP contribution in [0.4, 0.5) is 0 Å². The zero-order chi connectivity index (χ0) is 15.9. The Morgan fingerprint density at radius 3 is 2.64 bits per heavy atom. The van der Waals surface area contributed by atoms with E-state index in [1.807, 2.05) is 18.2 Å². The first kappa shape index (κ1) is 17.3.